The van der Waals surface area contributed by atoms with Gasteiger partial charge in [0, 0.05) is 17.4 Å². The fraction of sp³-hybridized carbons (Fsp3) is 0.429. The molecule has 19 heavy (non-hydrogen) atoms. The number of benzene rings is 1. The van der Waals surface area contributed by atoms with Gasteiger partial charge in [-0.25, -0.2) is 0 Å². The smallest absolute Gasteiger partial charge is 0.308 e. The van der Waals surface area contributed by atoms with Gasteiger partial charge >= 0.3 is 5.97 Å². The second kappa shape index (κ2) is 4.34. The number of carboxylic acid groups (broad SMARTS) is 1. The number of aliphatic carboxylic acids is 1. The Morgan fingerprint density at radius 2 is 1.95 bits per heavy atom. The number of nitrogens with zero attached hydrogens (tertiary/aromatic N) is 1. The molecule has 3 rings (SSSR count). The number of carbonyl (C=O) groups is 2. The molecule has 4 nitrogen and oxygen atoms in total. The number of likely N-dealkylation sites (tertiary alicyclic amines) is 1. The minimum absolute atomic E-state index is 0.0344. The van der Waals surface area contributed by atoms with Crippen LogP contribution in [0.1, 0.15) is 24.8 Å². The zero-order valence-electron chi connectivity index (χ0n) is 10.3. The summed E-state index contributed by atoms with van der Waals surface area (Å²) in [5.74, 6) is -1.46. The van der Waals surface area contributed by atoms with E-state index in [4.69, 9.17) is 5.11 Å². The van der Waals surface area contributed by atoms with Crippen LogP contribution in [-0.4, -0.2) is 28.4 Å². The summed E-state index contributed by atoms with van der Waals surface area (Å²) in [6.45, 7) is 0.338. The molecule has 0 spiro atoms. The lowest BCUT2D eigenvalue weighted by Crippen LogP contribution is -2.37. The summed E-state index contributed by atoms with van der Waals surface area (Å²) < 4.78 is 1.00. The van der Waals surface area contributed by atoms with Crippen LogP contribution in [0.3, 0.4) is 0 Å². The number of carboxylic acids is 1. The van der Waals surface area contributed by atoms with Gasteiger partial charge < -0.3 is 10.0 Å². The third kappa shape index (κ3) is 2.06. The average molecular weight is 324 g/mol. The van der Waals surface area contributed by atoms with Crippen molar-refractivity contribution < 1.29 is 14.7 Å². The van der Waals surface area contributed by atoms with Gasteiger partial charge in [-0.1, -0.05) is 28.1 Å². The van der Waals surface area contributed by atoms with Gasteiger partial charge in [0.1, 0.15) is 0 Å². The molecular weight excluding hydrogens is 310 g/mol. The molecule has 1 aliphatic carbocycles. The number of halogens is 1. The summed E-state index contributed by atoms with van der Waals surface area (Å²) in [7, 11) is 0. The van der Waals surface area contributed by atoms with Gasteiger partial charge in [-0.3, -0.25) is 9.59 Å². The summed E-state index contributed by atoms with van der Waals surface area (Å²) in [6, 6.07) is 7.95. The van der Waals surface area contributed by atoms with Crippen LogP contribution in [0.2, 0.25) is 0 Å². The van der Waals surface area contributed by atoms with E-state index in [-0.39, 0.29) is 17.9 Å². The van der Waals surface area contributed by atoms with Crippen molar-refractivity contribution in [1.29, 1.82) is 0 Å². The van der Waals surface area contributed by atoms with E-state index in [1.165, 1.54) is 0 Å². The van der Waals surface area contributed by atoms with Crippen molar-refractivity contribution in [2.75, 3.05) is 6.54 Å². The molecule has 1 N–H and O–H groups in total. The summed E-state index contributed by atoms with van der Waals surface area (Å²) in [5.41, 5.74) is 0.859. The minimum Gasteiger partial charge on any atom is -0.481 e. The highest BCUT2D eigenvalue weighted by Gasteiger charge is 2.54. The van der Waals surface area contributed by atoms with Crippen LogP contribution in [0, 0.1) is 5.92 Å². The highest BCUT2D eigenvalue weighted by atomic mass is 79.9. The third-order valence-corrected chi connectivity index (χ3v) is 4.62. The van der Waals surface area contributed by atoms with Gasteiger partial charge in [0.05, 0.1) is 11.5 Å². The van der Waals surface area contributed by atoms with Crippen LogP contribution < -0.4 is 0 Å². The van der Waals surface area contributed by atoms with Crippen molar-refractivity contribution >= 4 is 27.8 Å². The monoisotopic (exact) mass is 323 g/mol. The van der Waals surface area contributed by atoms with Crippen molar-refractivity contribution in [3.8, 4) is 0 Å². The van der Waals surface area contributed by atoms with Gasteiger partial charge in [-0.05, 0) is 30.5 Å². The zero-order valence-corrected chi connectivity index (χ0v) is 11.9. The largest absolute Gasteiger partial charge is 0.481 e. The number of carbonyl (C=O) groups excluding carboxylic acids is 1. The molecule has 1 amide bonds. The van der Waals surface area contributed by atoms with Crippen LogP contribution in [0.25, 0.3) is 0 Å². The Balaban J connectivity index is 1.87. The first-order chi connectivity index (χ1) is 9.03. The maximum absolute atomic E-state index is 12.1. The summed E-state index contributed by atoms with van der Waals surface area (Å²) >= 11 is 3.40. The van der Waals surface area contributed by atoms with E-state index in [0.717, 1.165) is 22.9 Å². The maximum Gasteiger partial charge on any atom is 0.308 e. The molecule has 1 aliphatic heterocycles. The molecule has 100 valence electrons. The van der Waals surface area contributed by atoms with E-state index in [1.54, 1.807) is 4.90 Å². The fourth-order valence-corrected chi connectivity index (χ4v) is 3.14. The average Bonchev–Trinajstić information content (AvgIpc) is 3.07. The summed E-state index contributed by atoms with van der Waals surface area (Å²) in [6.07, 6.45) is 1.98. The Morgan fingerprint density at radius 3 is 2.42 bits per heavy atom. The third-order valence-electron chi connectivity index (χ3n) is 4.10. The van der Waals surface area contributed by atoms with Crippen LogP contribution in [0.15, 0.2) is 28.7 Å². The van der Waals surface area contributed by atoms with Crippen LogP contribution in [-0.2, 0) is 15.1 Å². The SMILES string of the molecule is O=C(O)C1CC(=O)N(C2(c3ccc(Br)cc3)CC2)C1. The zero-order chi connectivity index (χ0) is 13.6. The van der Waals surface area contributed by atoms with Crippen LogP contribution in [0.4, 0.5) is 0 Å². The number of hydrogen-bond donors (Lipinski definition) is 1. The van der Waals surface area contributed by atoms with Gasteiger partial charge in [-0.2, -0.15) is 0 Å². The molecule has 2 aliphatic rings. The number of amides is 1. The van der Waals surface area contributed by atoms with Crippen LogP contribution in [0.5, 0.6) is 0 Å². The van der Waals surface area contributed by atoms with Crippen LogP contribution >= 0.6 is 15.9 Å². The Kier molecular flexibility index (Phi) is 2.89. The minimum atomic E-state index is -0.873. The van der Waals surface area contributed by atoms with Crippen molar-refractivity contribution in [2.24, 2.45) is 5.92 Å². The Hall–Kier alpha value is -1.36. The molecule has 2 fully saturated rings. The van der Waals surface area contributed by atoms with E-state index >= 15 is 0 Å². The van der Waals surface area contributed by atoms with Crippen molar-refractivity contribution in [2.45, 2.75) is 24.8 Å². The molecule has 0 radical (unpaired) electrons. The van der Waals surface area contributed by atoms with E-state index in [9.17, 15) is 9.59 Å². The van der Waals surface area contributed by atoms with Crippen molar-refractivity contribution in [3.63, 3.8) is 0 Å². The Bertz CT molecular complexity index is 536. The lowest BCUT2D eigenvalue weighted by Gasteiger charge is -2.28. The van der Waals surface area contributed by atoms with Crippen molar-refractivity contribution in [3.05, 3.63) is 34.3 Å². The molecule has 1 heterocycles. The molecule has 0 bridgehead atoms. The lowest BCUT2D eigenvalue weighted by molar-refractivity contribution is -0.141. The van der Waals surface area contributed by atoms with E-state index in [1.807, 2.05) is 24.3 Å². The number of rotatable bonds is 3. The molecule has 1 aromatic rings. The summed E-state index contributed by atoms with van der Waals surface area (Å²) in [5, 5.41) is 9.06. The highest BCUT2D eigenvalue weighted by molar-refractivity contribution is 9.10. The van der Waals surface area contributed by atoms with E-state index in [2.05, 4.69) is 15.9 Å². The van der Waals surface area contributed by atoms with E-state index < -0.39 is 11.9 Å². The number of hydrogen-bond acceptors (Lipinski definition) is 2. The first kappa shape index (κ1) is 12.7. The van der Waals surface area contributed by atoms with Gasteiger partial charge in [0.25, 0.3) is 0 Å². The van der Waals surface area contributed by atoms with E-state index in [0.29, 0.717) is 6.54 Å². The first-order valence-electron chi connectivity index (χ1n) is 6.32. The molecule has 1 saturated heterocycles. The van der Waals surface area contributed by atoms with Crippen molar-refractivity contribution in [1.82, 2.24) is 4.90 Å². The fourth-order valence-electron chi connectivity index (χ4n) is 2.88. The molecule has 1 saturated carbocycles. The molecule has 5 heteroatoms. The predicted octanol–water partition coefficient (Wildman–Crippen LogP) is 2.37. The molecule has 1 unspecified atom stereocenters. The highest BCUT2D eigenvalue weighted by Crippen LogP contribution is 2.53. The Morgan fingerprint density at radius 1 is 1.32 bits per heavy atom. The second-order valence-corrected chi connectivity index (χ2v) is 6.20. The summed E-state index contributed by atoms with van der Waals surface area (Å²) in [4.78, 5) is 24.9. The van der Waals surface area contributed by atoms with Gasteiger partial charge in [0.15, 0.2) is 0 Å². The quantitative estimate of drug-likeness (QED) is 0.929. The topological polar surface area (TPSA) is 57.6 Å². The molecule has 1 atom stereocenters. The molecule has 1 aromatic carbocycles. The standard InChI is InChI=1S/C14H14BrNO3/c15-11-3-1-10(2-4-11)14(5-6-14)16-8-9(13(18)19)7-12(16)17/h1-4,9H,5-8H2,(H,18,19). The van der Waals surface area contributed by atoms with Gasteiger partial charge in [0.2, 0.25) is 5.91 Å². The first-order valence-corrected chi connectivity index (χ1v) is 7.11. The maximum atomic E-state index is 12.1. The lowest BCUT2D eigenvalue weighted by atomic mass is 10.0. The Labute approximate surface area is 119 Å². The molecule has 0 aromatic heterocycles. The van der Waals surface area contributed by atoms with Gasteiger partial charge in [-0.15, -0.1) is 0 Å². The molecular formula is C14H14BrNO3. The normalized spacial score (nSPS) is 24.6. The predicted molar refractivity (Wildman–Crippen MR) is 72.5 cm³/mol. The second-order valence-electron chi connectivity index (χ2n) is 5.28.